The van der Waals surface area contributed by atoms with Crippen molar-refractivity contribution in [3.63, 3.8) is 0 Å². The Morgan fingerprint density at radius 3 is 2.18 bits per heavy atom. The first-order valence-corrected chi connectivity index (χ1v) is 6.99. The number of rotatable bonds is 8. The first kappa shape index (κ1) is 14.9. The van der Waals surface area contributed by atoms with E-state index in [9.17, 15) is 0 Å². The van der Waals surface area contributed by atoms with Gasteiger partial charge >= 0.3 is 0 Å². The molecule has 0 spiro atoms. The van der Waals surface area contributed by atoms with Gasteiger partial charge in [0, 0.05) is 25.8 Å². The van der Waals surface area contributed by atoms with Gasteiger partial charge in [0.25, 0.3) is 0 Å². The number of hydrogen-bond donors (Lipinski definition) is 1. The second-order valence-electron chi connectivity index (χ2n) is 4.41. The Bertz CT molecular complexity index is 178. The summed E-state index contributed by atoms with van der Waals surface area (Å²) in [5, 5.41) is 3.41. The lowest BCUT2D eigenvalue weighted by molar-refractivity contribution is -0.150. The first-order valence-electron chi connectivity index (χ1n) is 6.99. The third-order valence-electron chi connectivity index (χ3n) is 3.32. The number of nitrogens with one attached hydrogen (secondary N) is 1. The summed E-state index contributed by atoms with van der Waals surface area (Å²) in [6.07, 6.45) is 2.40. The summed E-state index contributed by atoms with van der Waals surface area (Å²) in [6, 6.07) is 0.685. The topological polar surface area (TPSA) is 33.7 Å². The number of likely N-dealkylation sites (N-methyl/N-ethyl adjacent to an activating group) is 1. The number of hydrogen-bond acceptors (Lipinski definition) is 4. The van der Waals surface area contributed by atoms with Crippen molar-refractivity contribution in [2.75, 3.05) is 39.4 Å². The Hall–Kier alpha value is -0.160. The van der Waals surface area contributed by atoms with E-state index >= 15 is 0 Å². The van der Waals surface area contributed by atoms with E-state index in [4.69, 9.17) is 9.47 Å². The van der Waals surface area contributed by atoms with Crippen LogP contribution in [0.5, 0.6) is 0 Å². The molecule has 4 nitrogen and oxygen atoms in total. The minimum atomic E-state index is -0.0696. The minimum Gasteiger partial charge on any atom is -0.352 e. The first-order chi connectivity index (χ1) is 8.31. The van der Waals surface area contributed by atoms with E-state index in [2.05, 4.69) is 17.1 Å². The Morgan fingerprint density at radius 2 is 1.71 bits per heavy atom. The summed E-state index contributed by atoms with van der Waals surface area (Å²) >= 11 is 0. The quantitative estimate of drug-likeness (QED) is 0.655. The largest absolute Gasteiger partial charge is 0.352 e. The van der Waals surface area contributed by atoms with Gasteiger partial charge in [-0.25, -0.2) is 0 Å². The maximum absolute atomic E-state index is 5.63. The van der Waals surface area contributed by atoms with E-state index in [-0.39, 0.29) is 6.29 Å². The smallest absolute Gasteiger partial charge is 0.170 e. The zero-order valence-electron chi connectivity index (χ0n) is 11.6. The molecule has 1 aliphatic rings. The zero-order chi connectivity index (χ0) is 12.5. The van der Waals surface area contributed by atoms with Crippen molar-refractivity contribution < 1.29 is 9.47 Å². The predicted molar refractivity (Wildman–Crippen MR) is 70.2 cm³/mol. The van der Waals surface area contributed by atoms with Crippen LogP contribution in [0.4, 0.5) is 0 Å². The molecule has 0 saturated carbocycles. The zero-order valence-corrected chi connectivity index (χ0v) is 11.6. The molecule has 0 aromatic rings. The standard InChI is InChI=1S/C13H28N2O2/c1-4-15(12-7-9-14-10-8-12)11-13(16-5-2)17-6-3/h12-14H,4-11H2,1-3H3. The van der Waals surface area contributed by atoms with Crippen LogP contribution >= 0.6 is 0 Å². The van der Waals surface area contributed by atoms with Crippen LogP contribution in [0.1, 0.15) is 33.6 Å². The lowest BCUT2D eigenvalue weighted by Crippen LogP contribution is -2.46. The van der Waals surface area contributed by atoms with Gasteiger partial charge in [-0.15, -0.1) is 0 Å². The van der Waals surface area contributed by atoms with Crippen LogP contribution in [0, 0.1) is 0 Å². The van der Waals surface area contributed by atoms with Gasteiger partial charge in [0.05, 0.1) is 0 Å². The molecule has 0 radical (unpaired) electrons. The summed E-state index contributed by atoms with van der Waals surface area (Å²) in [7, 11) is 0. The highest BCUT2D eigenvalue weighted by atomic mass is 16.7. The van der Waals surface area contributed by atoms with Gasteiger partial charge in [-0.3, -0.25) is 4.90 Å². The molecule has 17 heavy (non-hydrogen) atoms. The maximum atomic E-state index is 5.63. The van der Waals surface area contributed by atoms with Gasteiger partial charge in [-0.1, -0.05) is 6.92 Å². The predicted octanol–water partition coefficient (Wildman–Crippen LogP) is 1.46. The van der Waals surface area contributed by atoms with E-state index in [1.165, 1.54) is 12.8 Å². The molecule has 0 amide bonds. The Labute approximate surface area is 106 Å². The molecule has 1 heterocycles. The van der Waals surface area contributed by atoms with E-state index in [0.717, 1.165) is 26.2 Å². The van der Waals surface area contributed by atoms with Crippen LogP contribution in [-0.4, -0.2) is 56.6 Å². The number of nitrogens with zero attached hydrogens (tertiary/aromatic N) is 1. The summed E-state index contributed by atoms with van der Waals surface area (Å²) < 4.78 is 11.3. The van der Waals surface area contributed by atoms with Gasteiger partial charge in [-0.05, 0) is 46.3 Å². The highest BCUT2D eigenvalue weighted by molar-refractivity contribution is 4.77. The lowest BCUT2D eigenvalue weighted by Gasteiger charge is -2.35. The van der Waals surface area contributed by atoms with Gasteiger partial charge < -0.3 is 14.8 Å². The molecule has 0 atom stereocenters. The van der Waals surface area contributed by atoms with Crippen LogP contribution < -0.4 is 5.32 Å². The third kappa shape index (κ3) is 5.34. The van der Waals surface area contributed by atoms with Crippen molar-refractivity contribution in [3.05, 3.63) is 0 Å². The lowest BCUT2D eigenvalue weighted by atomic mass is 10.0. The van der Waals surface area contributed by atoms with Crippen molar-refractivity contribution in [2.24, 2.45) is 0 Å². The van der Waals surface area contributed by atoms with Crippen molar-refractivity contribution in [2.45, 2.75) is 45.9 Å². The van der Waals surface area contributed by atoms with E-state index in [0.29, 0.717) is 19.3 Å². The molecule has 0 aromatic carbocycles. The van der Waals surface area contributed by atoms with E-state index < -0.39 is 0 Å². The van der Waals surface area contributed by atoms with Crippen LogP contribution in [0.15, 0.2) is 0 Å². The van der Waals surface area contributed by atoms with Crippen molar-refractivity contribution in [3.8, 4) is 0 Å². The average Bonchev–Trinajstić information content (AvgIpc) is 2.37. The number of piperidine rings is 1. The molecule has 102 valence electrons. The van der Waals surface area contributed by atoms with Crippen molar-refractivity contribution >= 4 is 0 Å². The summed E-state index contributed by atoms with van der Waals surface area (Å²) in [5.74, 6) is 0. The van der Waals surface area contributed by atoms with E-state index in [1.807, 2.05) is 13.8 Å². The Kier molecular flexibility index (Phi) is 7.77. The molecule has 1 N–H and O–H groups in total. The minimum absolute atomic E-state index is 0.0696. The summed E-state index contributed by atoms with van der Waals surface area (Å²) in [4.78, 5) is 2.50. The van der Waals surface area contributed by atoms with Crippen molar-refractivity contribution in [1.82, 2.24) is 10.2 Å². The molecule has 1 rings (SSSR count). The molecule has 1 saturated heterocycles. The summed E-state index contributed by atoms with van der Waals surface area (Å²) in [5.41, 5.74) is 0. The fourth-order valence-electron chi connectivity index (χ4n) is 2.42. The molecule has 0 aliphatic carbocycles. The Morgan fingerprint density at radius 1 is 1.12 bits per heavy atom. The third-order valence-corrected chi connectivity index (χ3v) is 3.32. The molecule has 0 bridgehead atoms. The highest BCUT2D eigenvalue weighted by Gasteiger charge is 2.22. The van der Waals surface area contributed by atoms with Crippen LogP contribution in [0.2, 0.25) is 0 Å². The molecule has 1 aliphatic heterocycles. The van der Waals surface area contributed by atoms with E-state index in [1.54, 1.807) is 0 Å². The van der Waals surface area contributed by atoms with Gasteiger partial charge in [0.15, 0.2) is 6.29 Å². The second kappa shape index (κ2) is 8.86. The SMILES string of the molecule is CCOC(CN(CC)C1CCNCC1)OCC. The monoisotopic (exact) mass is 244 g/mol. The molecule has 4 heteroatoms. The molecular formula is C13H28N2O2. The van der Waals surface area contributed by atoms with Crippen LogP contribution in [-0.2, 0) is 9.47 Å². The number of ether oxygens (including phenoxy) is 2. The van der Waals surface area contributed by atoms with Gasteiger partial charge in [-0.2, -0.15) is 0 Å². The normalized spacial score (nSPS) is 18.2. The molecule has 0 unspecified atom stereocenters. The molecule has 1 fully saturated rings. The maximum Gasteiger partial charge on any atom is 0.170 e. The fraction of sp³-hybridized carbons (Fsp3) is 1.00. The van der Waals surface area contributed by atoms with Crippen LogP contribution in [0.25, 0.3) is 0 Å². The van der Waals surface area contributed by atoms with Crippen LogP contribution in [0.3, 0.4) is 0 Å². The summed E-state index contributed by atoms with van der Waals surface area (Å²) in [6.45, 7) is 11.9. The molecular weight excluding hydrogens is 216 g/mol. The Balaban J connectivity index is 2.41. The van der Waals surface area contributed by atoms with Gasteiger partial charge in [0.1, 0.15) is 0 Å². The molecule has 0 aromatic heterocycles. The average molecular weight is 244 g/mol. The van der Waals surface area contributed by atoms with Crippen molar-refractivity contribution in [1.29, 1.82) is 0 Å². The fourth-order valence-corrected chi connectivity index (χ4v) is 2.42. The highest BCUT2D eigenvalue weighted by Crippen LogP contribution is 2.13. The second-order valence-corrected chi connectivity index (χ2v) is 4.41. The van der Waals surface area contributed by atoms with Gasteiger partial charge in [0.2, 0.25) is 0 Å².